The average molecular weight is 147 g/mol. The third-order valence-electron chi connectivity index (χ3n) is 1.50. The van der Waals surface area contributed by atoms with Crippen LogP contribution in [0.15, 0.2) is 41.6 Å². The zero-order valence-corrected chi connectivity index (χ0v) is 6.66. The van der Waals surface area contributed by atoms with Crippen LogP contribution < -0.4 is 0 Å². The van der Waals surface area contributed by atoms with Crippen LogP contribution in [-0.4, -0.2) is 6.21 Å². The van der Waals surface area contributed by atoms with Gasteiger partial charge >= 0.3 is 0 Å². The predicted molar refractivity (Wildman–Crippen MR) is 49.8 cm³/mol. The topological polar surface area (TPSA) is 12.4 Å². The van der Waals surface area contributed by atoms with Crippen molar-refractivity contribution in [3.05, 3.63) is 36.6 Å². The van der Waals surface area contributed by atoms with Crippen LogP contribution in [-0.2, 0) is 0 Å². The lowest BCUT2D eigenvalue weighted by Gasteiger charge is -1.93. The first kappa shape index (κ1) is 7.99. The Kier molecular flexibility index (Phi) is 3.39. The van der Waals surface area contributed by atoms with Crippen LogP contribution in [0.4, 0.5) is 0 Å². The molecule has 0 saturated carbocycles. The van der Waals surface area contributed by atoms with Crippen molar-refractivity contribution in [3.63, 3.8) is 0 Å². The molecule has 0 bridgehead atoms. The molecule has 1 aliphatic rings. The summed E-state index contributed by atoms with van der Waals surface area (Å²) >= 11 is 0. The van der Waals surface area contributed by atoms with Crippen molar-refractivity contribution in [2.75, 3.05) is 0 Å². The summed E-state index contributed by atoms with van der Waals surface area (Å²) in [5, 5.41) is 0. The summed E-state index contributed by atoms with van der Waals surface area (Å²) in [5.74, 6) is 0. The van der Waals surface area contributed by atoms with Gasteiger partial charge in [-0.1, -0.05) is 24.8 Å². The minimum atomic E-state index is 0.830. The van der Waals surface area contributed by atoms with E-state index < -0.39 is 0 Å². The molecule has 11 heavy (non-hydrogen) atoms. The molecule has 0 aromatic heterocycles. The van der Waals surface area contributed by atoms with Crippen LogP contribution in [0.5, 0.6) is 0 Å². The van der Waals surface area contributed by atoms with Gasteiger partial charge < -0.3 is 0 Å². The van der Waals surface area contributed by atoms with Crippen LogP contribution in [0.25, 0.3) is 0 Å². The van der Waals surface area contributed by atoms with E-state index in [2.05, 4.69) is 17.6 Å². The maximum atomic E-state index is 4.15. The lowest BCUT2D eigenvalue weighted by Crippen LogP contribution is -1.78. The number of allylic oxidation sites excluding steroid dienone is 4. The average Bonchev–Trinajstić information content (AvgIpc) is 2.03. The summed E-state index contributed by atoms with van der Waals surface area (Å²) in [4.78, 5) is 4.15. The van der Waals surface area contributed by atoms with Crippen molar-refractivity contribution in [2.45, 2.75) is 19.3 Å². The summed E-state index contributed by atoms with van der Waals surface area (Å²) in [7, 11) is 0. The Balaban J connectivity index is 2.58. The van der Waals surface area contributed by atoms with Gasteiger partial charge in [0, 0.05) is 6.21 Å². The van der Waals surface area contributed by atoms with Gasteiger partial charge in [-0.3, -0.25) is 4.99 Å². The Bertz CT molecular complexity index is 209. The molecule has 0 aliphatic carbocycles. The molecule has 1 heteroatoms. The van der Waals surface area contributed by atoms with Crippen molar-refractivity contribution in [1.82, 2.24) is 0 Å². The van der Waals surface area contributed by atoms with E-state index in [0.717, 1.165) is 18.5 Å². The molecule has 0 unspecified atom stereocenters. The van der Waals surface area contributed by atoms with Gasteiger partial charge in [0.05, 0.1) is 5.70 Å². The molecule has 0 fully saturated rings. The van der Waals surface area contributed by atoms with E-state index in [1.54, 1.807) is 0 Å². The summed E-state index contributed by atoms with van der Waals surface area (Å²) in [6, 6.07) is 0. The van der Waals surface area contributed by atoms with E-state index in [4.69, 9.17) is 0 Å². The van der Waals surface area contributed by atoms with Gasteiger partial charge in [-0.15, -0.1) is 0 Å². The van der Waals surface area contributed by atoms with Gasteiger partial charge in [0.1, 0.15) is 0 Å². The Morgan fingerprint density at radius 1 is 1.27 bits per heavy atom. The number of hydrogen-bond donors (Lipinski definition) is 0. The number of hydrogen-bond acceptors (Lipinski definition) is 1. The van der Waals surface area contributed by atoms with Crippen LogP contribution in [0, 0.1) is 0 Å². The summed E-state index contributed by atoms with van der Waals surface area (Å²) < 4.78 is 0. The quantitative estimate of drug-likeness (QED) is 0.499. The van der Waals surface area contributed by atoms with Crippen molar-refractivity contribution in [1.29, 1.82) is 0 Å². The van der Waals surface area contributed by atoms with Gasteiger partial charge in [-0.25, -0.2) is 0 Å². The number of aliphatic imine (C=N–C) groups is 1. The third-order valence-corrected chi connectivity index (χ3v) is 1.50. The van der Waals surface area contributed by atoms with E-state index in [9.17, 15) is 0 Å². The van der Waals surface area contributed by atoms with Crippen LogP contribution in [0.3, 0.4) is 0 Å². The molecule has 0 radical (unpaired) electrons. The van der Waals surface area contributed by atoms with Gasteiger partial charge in [-0.2, -0.15) is 0 Å². The fourth-order valence-electron chi connectivity index (χ4n) is 0.893. The molecule has 0 spiro atoms. The molecule has 1 rings (SSSR count). The third kappa shape index (κ3) is 3.56. The highest BCUT2D eigenvalue weighted by molar-refractivity contribution is 5.59. The zero-order valence-electron chi connectivity index (χ0n) is 6.66. The molecule has 58 valence electrons. The van der Waals surface area contributed by atoms with Gasteiger partial charge in [0.2, 0.25) is 0 Å². The second-order valence-corrected chi connectivity index (χ2v) is 2.52. The molecule has 0 amide bonds. The van der Waals surface area contributed by atoms with E-state index in [0.29, 0.717) is 0 Å². The number of rotatable bonds is 0. The Morgan fingerprint density at radius 2 is 2.18 bits per heavy atom. The largest absolute Gasteiger partial charge is 0.262 e. The second kappa shape index (κ2) is 4.67. The summed E-state index contributed by atoms with van der Waals surface area (Å²) in [5.41, 5.74) is 0.830. The minimum Gasteiger partial charge on any atom is -0.262 e. The first-order valence-corrected chi connectivity index (χ1v) is 3.94. The fourth-order valence-corrected chi connectivity index (χ4v) is 0.893. The van der Waals surface area contributed by atoms with Gasteiger partial charge in [0.15, 0.2) is 0 Å². The lowest BCUT2D eigenvalue weighted by molar-refractivity contribution is 0.902. The molecule has 0 atom stereocenters. The maximum absolute atomic E-state index is 4.15. The van der Waals surface area contributed by atoms with Crippen LogP contribution in [0.1, 0.15) is 19.3 Å². The maximum Gasteiger partial charge on any atom is 0.0553 e. The molecule has 0 aromatic rings. The monoisotopic (exact) mass is 147 g/mol. The summed E-state index contributed by atoms with van der Waals surface area (Å²) in [6.07, 6.45) is 13.4. The SMILES string of the molecule is C=C1C=C/C=C\CCCC=N1. The van der Waals surface area contributed by atoms with Crippen LogP contribution in [0.2, 0.25) is 0 Å². The lowest BCUT2D eigenvalue weighted by atomic mass is 10.2. The molecule has 0 N–H and O–H groups in total. The van der Waals surface area contributed by atoms with Crippen LogP contribution >= 0.6 is 0 Å². The summed E-state index contributed by atoms with van der Waals surface area (Å²) in [6.45, 7) is 3.77. The Labute approximate surface area is 67.8 Å². The van der Waals surface area contributed by atoms with Crippen molar-refractivity contribution in [2.24, 2.45) is 4.99 Å². The van der Waals surface area contributed by atoms with E-state index >= 15 is 0 Å². The van der Waals surface area contributed by atoms with E-state index in [1.807, 2.05) is 24.4 Å². The van der Waals surface area contributed by atoms with Gasteiger partial charge in [0.25, 0.3) is 0 Å². The first-order chi connectivity index (χ1) is 5.39. The molecule has 1 heterocycles. The molecule has 0 aromatic carbocycles. The normalized spacial score (nSPS) is 21.6. The van der Waals surface area contributed by atoms with Crippen molar-refractivity contribution >= 4 is 6.21 Å². The zero-order chi connectivity index (χ0) is 7.94. The first-order valence-electron chi connectivity index (χ1n) is 3.94. The van der Waals surface area contributed by atoms with E-state index in [1.165, 1.54) is 6.42 Å². The highest BCUT2D eigenvalue weighted by Gasteiger charge is 1.84. The van der Waals surface area contributed by atoms with E-state index in [-0.39, 0.29) is 0 Å². The highest BCUT2D eigenvalue weighted by Crippen LogP contribution is 2.01. The Hall–Kier alpha value is -1.11. The van der Waals surface area contributed by atoms with Crippen molar-refractivity contribution < 1.29 is 0 Å². The second-order valence-electron chi connectivity index (χ2n) is 2.52. The predicted octanol–water partition coefficient (Wildman–Crippen LogP) is 2.87. The Morgan fingerprint density at radius 3 is 3.09 bits per heavy atom. The minimum absolute atomic E-state index is 0.830. The van der Waals surface area contributed by atoms with Crippen molar-refractivity contribution in [3.8, 4) is 0 Å². The molecular formula is C10H13N. The molecule has 0 saturated heterocycles. The smallest absolute Gasteiger partial charge is 0.0553 e. The number of nitrogens with zero attached hydrogens (tertiary/aromatic N) is 1. The standard InChI is InChI=1S/C10H13N/c1-10-8-6-4-2-3-5-7-9-11-10/h2,4,6,8-9H,1,3,5,7H2/b4-2-,8-6?,11-9?. The fraction of sp³-hybridized carbons (Fsp3) is 0.300. The molecule has 1 nitrogen and oxygen atoms in total. The van der Waals surface area contributed by atoms with Gasteiger partial charge in [-0.05, 0) is 25.3 Å². The highest BCUT2D eigenvalue weighted by atomic mass is 14.7. The molecule has 1 aliphatic heterocycles. The molecular weight excluding hydrogens is 134 g/mol.